The molecule has 106 valence electrons. The summed E-state index contributed by atoms with van der Waals surface area (Å²) < 4.78 is 0. The molecule has 0 spiro atoms. The topological polar surface area (TPSA) is 37.8 Å². The number of anilines is 1. The molecule has 0 atom stereocenters. The van der Waals surface area contributed by atoms with Crippen molar-refractivity contribution in [1.82, 2.24) is 9.97 Å². The van der Waals surface area contributed by atoms with Crippen LogP contribution in [0.1, 0.15) is 38.1 Å². The smallest absolute Gasteiger partial charge is 0.133 e. The standard InChI is InChI=1S/C17H23N3/c1-4-9-15-19-16(14-10-7-6-8-11-14)13(3)17(20-15)18-12-5-2/h6-8,10-11H,4-5,9,12H2,1-3H3,(H,18,19,20). The van der Waals surface area contributed by atoms with Gasteiger partial charge in [-0.05, 0) is 19.8 Å². The second-order valence-electron chi connectivity index (χ2n) is 5.00. The van der Waals surface area contributed by atoms with Crippen molar-refractivity contribution in [3.05, 3.63) is 41.7 Å². The van der Waals surface area contributed by atoms with Crippen molar-refractivity contribution in [2.45, 2.75) is 40.0 Å². The second kappa shape index (κ2) is 7.04. The third-order valence-electron chi connectivity index (χ3n) is 3.26. The second-order valence-corrected chi connectivity index (χ2v) is 5.00. The van der Waals surface area contributed by atoms with E-state index in [-0.39, 0.29) is 0 Å². The highest BCUT2D eigenvalue weighted by Gasteiger charge is 2.11. The predicted octanol–water partition coefficient (Wildman–Crippen LogP) is 4.23. The predicted molar refractivity (Wildman–Crippen MR) is 85.0 cm³/mol. The van der Waals surface area contributed by atoms with Crippen LogP contribution >= 0.6 is 0 Å². The molecule has 3 heteroatoms. The van der Waals surface area contributed by atoms with Gasteiger partial charge in [0, 0.05) is 24.1 Å². The molecule has 0 aliphatic heterocycles. The van der Waals surface area contributed by atoms with Crippen molar-refractivity contribution in [3.8, 4) is 11.3 Å². The normalized spacial score (nSPS) is 10.6. The van der Waals surface area contributed by atoms with Crippen LogP contribution in [0.3, 0.4) is 0 Å². The SMILES string of the molecule is CCCNc1nc(CCC)nc(-c2ccccc2)c1C. The molecule has 2 aromatic rings. The third-order valence-corrected chi connectivity index (χ3v) is 3.26. The molecule has 1 heterocycles. The van der Waals surface area contributed by atoms with Gasteiger partial charge in [-0.2, -0.15) is 0 Å². The summed E-state index contributed by atoms with van der Waals surface area (Å²) in [5.41, 5.74) is 3.33. The molecule has 1 aromatic carbocycles. The van der Waals surface area contributed by atoms with E-state index in [0.29, 0.717) is 0 Å². The molecule has 0 unspecified atom stereocenters. The Balaban J connectivity index is 2.46. The van der Waals surface area contributed by atoms with Gasteiger partial charge in [0.15, 0.2) is 0 Å². The van der Waals surface area contributed by atoms with Crippen LogP contribution in [-0.2, 0) is 6.42 Å². The van der Waals surface area contributed by atoms with Gasteiger partial charge < -0.3 is 5.32 Å². The molecular formula is C17H23N3. The van der Waals surface area contributed by atoms with Crippen LogP contribution < -0.4 is 5.32 Å². The minimum Gasteiger partial charge on any atom is -0.370 e. The van der Waals surface area contributed by atoms with Gasteiger partial charge in [0.1, 0.15) is 11.6 Å². The lowest BCUT2D eigenvalue weighted by Gasteiger charge is -2.13. The first-order chi connectivity index (χ1) is 9.76. The zero-order valence-corrected chi connectivity index (χ0v) is 12.6. The third kappa shape index (κ3) is 3.35. The first-order valence-corrected chi connectivity index (χ1v) is 7.43. The van der Waals surface area contributed by atoms with E-state index in [1.54, 1.807) is 0 Å². The van der Waals surface area contributed by atoms with E-state index < -0.39 is 0 Å². The maximum absolute atomic E-state index is 4.75. The molecular weight excluding hydrogens is 246 g/mol. The first-order valence-electron chi connectivity index (χ1n) is 7.43. The lowest BCUT2D eigenvalue weighted by atomic mass is 10.1. The Hall–Kier alpha value is -1.90. The van der Waals surface area contributed by atoms with Gasteiger partial charge in [-0.3, -0.25) is 0 Å². The summed E-state index contributed by atoms with van der Waals surface area (Å²) in [6.07, 6.45) is 3.07. The van der Waals surface area contributed by atoms with Gasteiger partial charge >= 0.3 is 0 Å². The van der Waals surface area contributed by atoms with Crippen LogP contribution in [0.4, 0.5) is 5.82 Å². The van der Waals surface area contributed by atoms with Crippen LogP contribution in [0.15, 0.2) is 30.3 Å². The highest BCUT2D eigenvalue weighted by Crippen LogP contribution is 2.25. The molecule has 1 N–H and O–H groups in total. The van der Waals surface area contributed by atoms with Gasteiger partial charge in [0.05, 0.1) is 5.69 Å². The number of aromatic nitrogens is 2. The van der Waals surface area contributed by atoms with Crippen molar-refractivity contribution in [1.29, 1.82) is 0 Å². The van der Waals surface area contributed by atoms with Crippen molar-refractivity contribution in [3.63, 3.8) is 0 Å². The minimum atomic E-state index is 0.918. The van der Waals surface area contributed by atoms with Crippen molar-refractivity contribution >= 4 is 5.82 Å². The fraction of sp³-hybridized carbons (Fsp3) is 0.412. The molecule has 0 aliphatic carbocycles. The summed E-state index contributed by atoms with van der Waals surface area (Å²) in [6.45, 7) is 7.35. The maximum atomic E-state index is 4.75. The summed E-state index contributed by atoms with van der Waals surface area (Å²) >= 11 is 0. The molecule has 20 heavy (non-hydrogen) atoms. The van der Waals surface area contributed by atoms with Crippen molar-refractivity contribution in [2.24, 2.45) is 0 Å². The lowest BCUT2D eigenvalue weighted by Crippen LogP contribution is -2.09. The van der Waals surface area contributed by atoms with Crippen LogP contribution in [0.25, 0.3) is 11.3 Å². The quantitative estimate of drug-likeness (QED) is 0.853. The molecule has 0 aliphatic rings. The monoisotopic (exact) mass is 269 g/mol. The zero-order valence-electron chi connectivity index (χ0n) is 12.6. The van der Waals surface area contributed by atoms with Crippen LogP contribution in [0, 0.1) is 6.92 Å². The van der Waals surface area contributed by atoms with Gasteiger partial charge in [0.25, 0.3) is 0 Å². The van der Waals surface area contributed by atoms with Crippen LogP contribution in [0.5, 0.6) is 0 Å². The number of hydrogen-bond donors (Lipinski definition) is 1. The summed E-state index contributed by atoms with van der Waals surface area (Å²) in [6, 6.07) is 10.3. The average Bonchev–Trinajstić information content (AvgIpc) is 2.48. The van der Waals surface area contributed by atoms with Crippen molar-refractivity contribution in [2.75, 3.05) is 11.9 Å². The molecule has 0 amide bonds. The summed E-state index contributed by atoms with van der Waals surface area (Å²) in [4.78, 5) is 9.41. The van der Waals surface area contributed by atoms with E-state index in [1.165, 1.54) is 0 Å². The fourth-order valence-electron chi connectivity index (χ4n) is 2.19. The van der Waals surface area contributed by atoms with Gasteiger partial charge in [-0.15, -0.1) is 0 Å². The van der Waals surface area contributed by atoms with E-state index in [1.807, 2.05) is 6.07 Å². The highest BCUT2D eigenvalue weighted by atomic mass is 15.0. The van der Waals surface area contributed by atoms with Crippen LogP contribution in [-0.4, -0.2) is 16.5 Å². The molecule has 3 nitrogen and oxygen atoms in total. The first kappa shape index (κ1) is 14.5. The van der Waals surface area contributed by atoms with E-state index in [9.17, 15) is 0 Å². The summed E-state index contributed by atoms with van der Waals surface area (Å²) in [7, 11) is 0. The number of benzene rings is 1. The Labute approximate surface area is 121 Å². The van der Waals surface area contributed by atoms with Crippen molar-refractivity contribution < 1.29 is 0 Å². The lowest BCUT2D eigenvalue weighted by molar-refractivity contribution is 0.830. The van der Waals surface area contributed by atoms with Crippen LogP contribution in [0.2, 0.25) is 0 Å². The highest BCUT2D eigenvalue weighted by molar-refractivity contribution is 5.68. The Morgan fingerprint density at radius 3 is 2.40 bits per heavy atom. The van der Waals surface area contributed by atoms with E-state index in [2.05, 4.69) is 55.3 Å². The number of nitrogens with one attached hydrogen (secondary N) is 1. The molecule has 0 bridgehead atoms. The zero-order chi connectivity index (χ0) is 14.4. The molecule has 0 fully saturated rings. The number of rotatable bonds is 6. The molecule has 1 aromatic heterocycles. The number of aryl methyl sites for hydroxylation is 1. The molecule has 2 rings (SSSR count). The molecule has 0 saturated heterocycles. The van der Waals surface area contributed by atoms with Gasteiger partial charge in [0.2, 0.25) is 0 Å². The summed E-state index contributed by atoms with van der Waals surface area (Å²) in [5.74, 6) is 1.90. The average molecular weight is 269 g/mol. The Kier molecular flexibility index (Phi) is 5.10. The van der Waals surface area contributed by atoms with E-state index in [4.69, 9.17) is 4.98 Å². The number of hydrogen-bond acceptors (Lipinski definition) is 3. The largest absolute Gasteiger partial charge is 0.370 e. The number of nitrogens with zero attached hydrogens (tertiary/aromatic N) is 2. The Morgan fingerprint density at radius 2 is 1.75 bits per heavy atom. The minimum absolute atomic E-state index is 0.918. The Bertz CT molecular complexity index is 550. The van der Waals surface area contributed by atoms with E-state index in [0.717, 1.165) is 54.3 Å². The van der Waals surface area contributed by atoms with Gasteiger partial charge in [-0.1, -0.05) is 44.2 Å². The molecule has 0 saturated carbocycles. The van der Waals surface area contributed by atoms with Gasteiger partial charge in [-0.25, -0.2) is 9.97 Å². The fourth-order valence-corrected chi connectivity index (χ4v) is 2.19. The molecule has 0 radical (unpaired) electrons. The Morgan fingerprint density at radius 1 is 1.00 bits per heavy atom. The maximum Gasteiger partial charge on any atom is 0.133 e. The summed E-state index contributed by atoms with van der Waals surface area (Å²) in [5, 5.41) is 3.42. The van der Waals surface area contributed by atoms with E-state index >= 15 is 0 Å².